The molecule has 176 valence electrons. The molecule has 2 aromatic carbocycles. The quantitative estimate of drug-likeness (QED) is 0.526. The summed E-state index contributed by atoms with van der Waals surface area (Å²) in [5.41, 5.74) is 2.22. The van der Waals surface area contributed by atoms with E-state index in [1.807, 2.05) is 35.1 Å². The Morgan fingerprint density at radius 1 is 1.09 bits per heavy atom. The van der Waals surface area contributed by atoms with Crippen molar-refractivity contribution in [3.63, 3.8) is 0 Å². The maximum atomic E-state index is 13.1. The average molecular weight is 488 g/mol. The molecule has 0 bridgehead atoms. The van der Waals surface area contributed by atoms with E-state index in [9.17, 15) is 13.2 Å². The number of rotatable bonds is 8. The Labute approximate surface area is 199 Å². The summed E-state index contributed by atoms with van der Waals surface area (Å²) in [6.45, 7) is 5.49. The minimum Gasteiger partial charge on any atom is -0.324 e. The van der Waals surface area contributed by atoms with E-state index >= 15 is 0 Å². The van der Waals surface area contributed by atoms with Gasteiger partial charge in [0.15, 0.2) is 0 Å². The normalized spacial score (nSPS) is 15.7. The molecule has 0 saturated carbocycles. The molecule has 2 heterocycles. The number of anilines is 1. The number of imidazole rings is 1. The predicted molar refractivity (Wildman–Crippen MR) is 133 cm³/mol. The lowest BCUT2D eigenvalue weighted by atomic mass is 10.3. The van der Waals surface area contributed by atoms with E-state index in [4.69, 9.17) is 0 Å². The van der Waals surface area contributed by atoms with Crippen LogP contribution in [-0.2, 0) is 27.1 Å². The molecule has 8 nitrogen and oxygen atoms in total. The van der Waals surface area contributed by atoms with Gasteiger partial charge < -0.3 is 14.8 Å². The molecule has 1 aromatic heterocycles. The second kappa shape index (κ2) is 10.3. The van der Waals surface area contributed by atoms with Crippen LogP contribution < -0.4 is 5.32 Å². The Kier molecular flexibility index (Phi) is 7.38. The minimum atomic E-state index is -3.61. The van der Waals surface area contributed by atoms with Gasteiger partial charge in [-0.15, -0.1) is 0 Å². The van der Waals surface area contributed by atoms with Crippen LogP contribution in [0, 0.1) is 0 Å². The standard InChI is InChI=1S/C23H29N5O3S2/c1-3-26-11-13-27(14-12-26)33(30,31)19-8-6-7-18(15-19)24-23(29)16-28-21-10-5-4-9-20(21)25-22(28)17-32-2/h4-10,15H,3,11-14,16-17H2,1-2H3,(H,24,29). The number of thioether (sulfide) groups is 1. The minimum absolute atomic E-state index is 0.104. The molecule has 10 heteroatoms. The molecule has 1 aliphatic heterocycles. The predicted octanol–water partition coefficient (Wildman–Crippen LogP) is 2.86. The lowest BCUT2D eigenvalue weighted by Gasteiger charge is -2.33. The number of likely N-dealkylation sites (N-methyl/N-ethyl adjacent to an activating group) is 1. The number of aromatic nitrogens is 2. The Hall–Kier alpha value is -2.40. The molecule has 1 amide bonds. The van der Waals surface area contributed by atoms with Gasteiger partial charge in [-0.2, -0.15) is 16.1 Å². The van der Waals surface area contributed by atoms with Crippen molar-refractivity contribution in [2.45, 2.75) is 24.1 Å². The molecule has 33 heavy (non-hydrogen) atoms. The van der Waals surface area contributed by atoms with E-state index in [1.165, 1.54) is 10.4 Å². The van der Waals surface area contributed by atoms with Crippen LogP contribution in [0.2, 0.25) is 0 Å². The highest BCUT2D eigenvalue weighted by molar-refractivity contribution is 7.97. The summed E-state index contributed by atoms with van der Waals surface area (Å²) in [6.07, 6.45) is 2.00. The van der Waals surface area contributed by atoms with Crippen molar-refractivity contribution in [3.05, 3.63) is 54.4 Å². The second-order valence-electron chi connectivity index (χ2n) is 7.95. The van der Waals surface area contributed by atoms with Gasteiger partial charge in [0.2, 0.25) is 15.9 Å². The van der Waals surface area contributed by atoms with Gasteiger partial charge >= 0.3 is 0 Å². The lowest BCUT2D eigenvalue weighted by molar-refractivity contribution is -0.116. The summed E-state index contributed by atoms with van der Waals surface area (Å²) in [7, 11) is -3.61. The molecular formula is C23H29N5O3S2. The molecule has 0 atom stereocenters. The third-order valence-corrected chi connectivity index (χ3v) is 8.28. The number of sulfonamides is 1. The Bertz CT molecular complexity index is 1230. The second-order valence-corrected chi connectivity index (χ2v) is 10.8. The fourth-order valence-electron chi connectivity index (χ4n) is 4.05. The third kappa shape index (κ3) is 5.24. The number of nitrogens with zero attached hydrogens (tertiary/aromatic N) is 4. The molecule has 3 aromatic rings. The molecule has 0 aliphatic carbocycles. The van der Waals surface area contributed by atoms with Crippen molar-refractivity contribution in [3.8, 4) is 0 Å². The molecule has 1 saturated heterocycles. The summed E-state index contributed by atoms with van der Waals surface area (Å²) >= 11 is 1.65. The number of amides is 1. The van der Waals surface area contributed by atoms with Crippen molar-refractivity contribution < 1.29 is 13.2 Å². The van der Waals surface area contributed by atoms with Crippen LogP contribution >= 0.6 is 11.8 Å². The fourth-order valence-corrected chi connectivity index (χ4v) is 6.00. The topological polar surface area (TPSA) is 87.5 Å². The maximum absolute atomic E-state index is 13.1. The Balaban J connectivity index is 1.50. The molecule has 0 radical (unpaired) electrons. The van der Waals surface area contributed by atoms with E-state index in [1.54, 1.807) is 30.0 Å². The zero-order valence-corrected chi connectivity index (χ0v) is 20.5. The highest BCUT2D eigenvalue weighted by atomic mass is 32.2. The summed E-state index contributed by atoms with van der Waals surface area (Å²) in [4.78, 5) is 20.0. The van der Waals surface area contributed by atoms with Gasteiger partial charge in [-0.05, 0) is 43.1 Å². The van der Waals surface area contributed by atoms with Crippen molar-refractivity contribution >= 4 is 44.4 Å². The summed E-state index contributed by atoms with van der Waals surface area (Å²) in [5.74, 6) is 1.30. The van der Waals surface area contributed by atoms with Crippen molar-refractivity contribution in [2.24, 2.45) is 0 Å². The first kappa shape index (κ1) is 23.7. The van der Waals surface area contributed by atoms with E-state index in [0.29, 0.717) is 24.5 Å². The number of nitrogens with one attached hydrogen (secondary N) is 1. The highest BCUT2D eigenvalue weighted by Gasteiger charge is 2.28. The number of carbonyl (C=O) groups excluding carboxylic acids is 1. The number of carbonyl (C=O) groups is 1. The highest BCUT2D eigenvalue weighted by Crippen LogP contribution is 2.22. The van der Waals surface area contributed by atoms with Gasteiger partial charge in [-0.1, -0.05) is 25.1 Å². The molecule has 1 fully saturated rings. The van der Waals surface area contributed by atoms with Crippen LogP contribution in [0.25, 0.3) is 11.0 Å². The smallest absolute Gasteiger partial charge is 0.244 e. The summed E-state index contributed by atoms with van der Waals surface area (Å²) in [6, 6.07) is 14.2. The molecular weight excluding hydrogens is 458 g/mol. The van der Waals surface area contributed by atoms with Gasteiger partial charge in [-0.25, -0.2) is 13.4 Å². The van der Waals surface area contributed by atoms with Crippen LogP contribution in [-0.4, -0.2) is 72.1 Å². The van der Waals surface area contributed by atoms with E-state index in [0.717, 1.165) is 36.5 Å². The number of piperazine rings is 1. The van der Waals surface area contributed by atoms with E-state index in [2.05, 4.69) is 22.1 Å². The van der Waals surface area contributed by atoms with Gasteiger partial charge in [0.25, 0.3) is 0 Å². The van der Waals surface area contributed by atoms with E-state index < -0.39 is 10.0 Å². The Morgan fingerprint density at radius 3 is 2.58 bits per heavy atom. The molecule has 4 rings (SSSR count). The zero-order valence-electron chi connectivity index (χ0n) is 18.9. The van der Waals surface area contributed by atoms with Crippen LogP contribution in [0.4, 0.5) is 5.69 Å². The lowest BCUT2D eigenvalue weighted by Crippen LogP contribution is -2.48. The van der Waals surface area contributed by atoms with Crippen LogP contribution in [0.3, 0.4) is 0 Å². The monoisotopic (exact) mass is 487 g/mol. The van der Waals surface area contributed by atoms with Gasteiger partial charge in [0.1, 0.15) is 12.4 Å². The fraction of sp³-hybridized carbons (Fsp3) is 0.391. The van der Waals surface area contributed by atoms with Gasteiger partial charge in [0, 0.05) is 31.9 Å². The largest absolute Gasteiger partial charge is 0.324 e. The first-order chi connectivity index (χ1) is 15.9. The summed E-state index contributed by atoms with van der Waals surface area (Å²) in [5, 5.41) is 2.86. The van der Waals surface area contributed by atoms with Crippen LogP contribution in [0.15, 0.2) is 53.4 Å². The Morgan fingerprint density at radius 2 is 1.85 bits per heavy atom. The molecule has 1 aliphatic rings. The number of fused-ring (bicyclic) bond motifs is 1. The molecule has 1 N–H and O–H groups in total. The number of para-hydroxylation sites is 2. The first-order valence-electron chi connectivity index (χ1n) is 11.0. The maximum Gasteiger partial charge on any atom is 0.244 e. The van der Waals surface area contributed by atoms with Gasteiger partial charge in [-0.3, -0.25) is 4.79 Å². The third-order valence-electron chi connectivity index (χ3n) is 5.84. The SMILES string of the molecule is CCN1CCN(S(=O)(=O)c2cccc(NC(=O)Cn3c(CSC)nc4ccccc43)c2)CC1. The first-order valence-corrected chi connectivity index (χ1v) is 13.8. The van der Waals surface area contributed by atoms with Crippen molar-refractivity contribution in [2.75, 3.05) is 44.3 Å². The molecule has 0 spiro atoms. The van der Waals surface area contributed by atoms with Crippen LogP contribution in [0.5, 0.6) is 0 Å². The molecule has 0 unspecified atom stereocenters. The zero-order chi connectivity index (χ0) is 23.4. The van der Waals surface area contributed by atoms with E-state index in [-0.39, 0.29) is 17.3 Å². The van der Waals surface area contributed by atoms with Crippen molar-refractivity contribution in [1.29, 1.82) is 0 Å². The van der Waals surface area contributed by atoms with Crippen LogP contribution in [0.1, 0.15) is 12.7 Å². The van der Waals surface area contributed by atoms with Crippen molar-refractivity contribution in [1.82, 2.24) is 18.8 Å². The number of hydrogen-bond acceptors (Lipinski definition) is 6. The number of benzene rings is 2. The summed E-state index contributed by atoms with van der Waals surface area (Å²) < 4.78 is 29.7. The number of hydrogen-bond donors (Lipinski definition) is 1. The van der Waals surface area contributed by atoms with Gasteiger partial charge in [0.05, 0.1) is 21.7 Å². The average Bonchev–Trinajstić information content (AvgIpc) is 3.16.